The van der Waals surface area contributed by atoms with E-state index in [-0.39, 0.29) is 24.8 Å². The fourth-order valence-corrected chi connectivity index (χ4v) is 5.44. The minimum Gasteiger partial charge on any atom is -0.371 e. The number of anilines is 1. The SMILES string of the molecule is CCN(CC)C1CCN(c2cc(-c3ccc(-c4ccccc4)cc3)nc3cc(Cl)ccc23)CC1.Cl.Cl. The molecule has 1 fully saturated rings. The molecule has 2 heterocycles. The summed E-state index contributed by atoms with van der Waals surface area (Å²) in [6, 6.07) is 28.3. The van der Waals surface area contributed by atoms with Gasteiger partial charge in [0.05, 0.1) is 11.2 Å². The van der Waals surface area contributed by atoms with Gasteiger partial charge >= 0.3 is 0 Å². The van der Waals surface area contributed by atoms with Crippen molar-refractivity contribution in [3.63, 3.8) is 0 Å². The average Bonchev–Trinajstić information content (AvgIpc) is 2.89. The van der Waals surface area contributed by atoms with E-state index < -0.39 is 0 Å². The minimum absolute atomic E-state index is 0. The number of hydrogen-bond donors (Lipinski definition) is 0. The van der Waals surface area contributed by atoms with Crippen molar-refractivity contribution in [3.8, 4) is 22.4 Å². The maximum Gasteiger partial charge on any atom is 0.0745 e. The summed E-state index contributed by atoms with van der Waals surface area (Å²) < 4.78 is 0. The van der Waals surface area contributed by atoms with Crippen LogP contribution in [0.3, 0.4) is 0 Å². The molecule has 3 aromatic carbocycles. The molecule has 1 aromatic heterocycles. The summed E-state index contributed by atoms with van der Waals surface area (Å²) >= 11 is 6.37. The fourth-order valence-electron chi connectivity index (χ4n) is 5.27. The Hall–Kier alpha value is -2.30. The number of fused-ring (bicyclic) bond motifs is 1. The molecule has 3 nitrogen and oxygen atoms in total. The highest BCUT2D eigenvalue weighted by Gasteiger charge is 2.24. The normalized spacial score (nSPS) is 13.9. The highest BCUT2D eigenvalue weighted by atomic mass is 35.5. The van der Waals surface area contributed by atoms with E-state index in [4.69, 9.17) is 16.6 Å². The van der Waals surface area contributed by atoms with Crippen LogP contribution in [0.25, 0.3) is 33.3 Å². The zero-order valence-corrected chi connectivity index (χ0v) is 23.3. The van der Waals surface area contributed by atoms with Gasteiger partial charge in [0.1, 0.15) is 0 Å². The number of benzene rings is 3. The standard InChI is InChI=1S/C30H32ClN3.2ClH/c1-3-33(4-2)26-16-18-34(19-17-26)30-21-28(32-29-20-25(31)14-15-27(29)30)24-12-10-23(11-13-24)22-8-6-5-7-9-22;;/h5-15,20-21,26H,3-4,16-19H2,1-2H3;2*1H. The van der Waals surface area contributed by atoms with Crippen molar-refractivity contribution < 1.29 is 0 Å². The first-order chi connectivity index (χ1) is 16.7. The molecule has 190 valence electrons. The summed E-state index contributed by atoms with van der Waals surface area (Å²) in [5.74, 6) is 0. The first-order valence-electron chi connectivity index (χ1n) is 12.4. The Morgan fingerprint density at radius 1 is 0.806 bits per heavy atom. The Morgan fingerprint density at radius 3 is 2.06 bits per heavy atom. The average molecular weight is 543 g/mol. The van der Waals surface area contributed by atoms with Gasteiger partial charge in [0.15, 0.2) is 0 Å². The van der Waals surface area contributed by atoms with Gasteiger partial charge in [-0.3, -0.25) is 0 Å². The Morgan fingerprint density at radius 2 is 1.42 bits per heavy atom. The Bertz CT molecular complexity index is 1250. The molecule has 4 aromatic rings. The first-order valence-corrected chi connectivity index (χ1v) is 12.8. The molecule has 1 saturated heterocycles. The summed E-state index contributed by atoms with van der Waals surface area (Å²) in [5.41, 5.74) is 6.78. The van der Waals surface area contributed by atoms with Gasteiger partial charge in [0.2, 0.25) is 0 Å². The molecule has 1 aliphatic rings. The molecule has 0 amide bonds. The van der Waals surface area contributed by atoms with Crippen LogP contribution in [0.15, 0.2) is 78.9 Å². The highest BCUT2D eigenvalue weighted by Crippen LogP contribution is 2.35. The molecule has 0 bridgehead atoms. The minimum atomic E-state index is 0. The summed E-state index contributed by atoms with van der Waals surface area (Å²) in [6.45, 7) is 8.92. The number of rotatable bonds is 6. The summed E-state index contributed by atoms with van der Waals surface area (Å²) in [4.78, 5) is 10.2. The molecule has 0 radical (unpaired) electrons. The number of halogens is 3. The van der Waals surface area contributed by atoms with Crippen LogP contribution in [-0.4, -0.2) is 42.1 Å². The van der Waals surface area contributed by atoms with Crippen molar-refractivity contribution in [2.24, 2.45) is 0 Å². The van der Waals surface area contributed by atoms with Gasteiger partial charge in [-0.2, -0.15) is 0 Å². The van der Waals surface area contributed by atoms with Gasteiger partial charge in [-0.1, -0.05) is 80.0 Å². The second-order valence-electron chi connectivity index (χ2n) is 9.07. The van der Waals surface area contributed by atoms with Crippen molar-refractivity contribution in [3.05, 3.63) is 83.9 Å². The number of hydrogen-bond acceptors (Lipinski definition) is 3. The molecule has 0 atom stereocenters. The van der Waals surface area contributed by atoms with Crippen molar-refractivity contribution >= 4 is 53.0 Å². The van der Waals surface area contributed by atoms with Crippen molar-refractivity contribution in [1.82, 2.24) is 9.88 Å². The maximum absolute atomic E-state index is 6.37. The topological polar surface area (TPSA) is 19.4 Å². The van der Waals surface area contributed by atoms with Crippen molar-refractivity contribution in [1.29, 1.82) is 0 Å². The lowest BCUT2D eigenvalue weighted by atomic mass is 9.99. The van der Waals surface area contributed by atoms with E-state index >= 15 is 0 Å². The maximum atomic E-state index is 6.37. The molecular weight excluding hydrogens is 509 g/mol. The van der Waals surface area contributed by atoms with Gasteiger partial charge in [-0.15, -0.1) is 24.8 Å². The monoisotopic (exact) mass is 541 g/mol. The predicted molar refractivity (Wildman–Crippen MR) is 160 cm³/mol. The third-order valence-corrected chi connectivity index (χ3v) is 7.41. The lowest BCUT2D eigenvalue weighted by Gasteiger charge is -2.39. The molecule has 0 spiro atoms. The Balaban J connectivity index is 0.00000180. The van der Waals surface area contributed by atoms with Gasteiger partial charge in [-0.05, 0) is 61.3 Å². The first kappa shape index (κ1) is 28.3. The zero-order chi connectivity index (χ0) is 23.5. The summed E-state index contributed by atoms with van der Waals surface area (Å²) in [7, 11) is 0. The van der Waals surface area contributed by atoms with Crippen LogP contribution in [0.5, 0.6) is 0 Å². The van der Waals surface area contributed by atoms with E-state index in [9.17, 15) is 0 Å². The van der Waals surface area contributed by atoms with Gasteiger partial charge in [-0.25, -0.2) is 4.98 Å². The second kappa shape index (κ2) is 12.8. The van der Waals surface area contributed by atoms with E-state index in [1.807, 2.05) is 18.2 Å². The van der Waals surface area contributed by atoms with E-state index in [0.29, 0.717) is 6.04 Å². The lowest BCUT2D eigenvalue weighted by molar-refractivity contribution is 0.186. The molecule has 36 heavy (non-hydrogen) atoms. The molecule has 6 heteroatoms. The summed E-state index contributed by atoms with van der Waals surface area (Å²) in [5, 5.41) is 1.90. The van der Waals surface area contributed by atoms with Gasteiger partial charge in [0.25, 0.3) is 0 Å². The quantitative estimate of drug-likeness (QED) is 0.244. The number of pyridine rings is 1. The predicted octanol–water partition coefficient (Wildman–Crippen LogP) is 8.38. The molecule has 0 aliphatic carbocycles. The van der Waals surface area contributed by atoms with Crippen LogP contribution in [-0.2, 0) is 0 Å². The van der Waals surface area contributed by atoms with Crippen LogP contribution in [0.4, 0.5) is 5.69 Å². The van der Waals surface area contributed by atoms with Crippen LogP contribution < -0.4 is 4.90 Å². The zero-order valence-electron chi connectivity index (χ0n) is 20.9. The van der Waals surface area contributed by atoms with Crippen molar-refractivity contribution in [2.45, 2.75) is 32.7 Å². The van der Waals surface area contributed by atoms with Crippen LogP contribution >= 0.6 is 36.4 Å². The number of aromatic nitrogens is 1. The largest absolute Gasteiger partial charge is 0.371 e. The van der Waals surface area contributed by atoms with Crippen LogP contribution in [0, 0.1) is 0 Å². The smallest absolute Gasteiger partial charge is 0.0745 e. The Labute approximate surface area is 232 Å². The Kier molecular flexibility index (Phi) is 10.0. The number of nitrogens with zero attached hydrogens (tertiary/aromatic N) is 3. The molecule has 0 saturated carbocycles. The second-order valence-corrected chi connectivity index (χ2v) is 9.51. The van der Waals surface area contributed by atoms with E-state index in [0.717, 1.165) is 48.0 Å². The van der Waals surface area contributed by atoms with E-state index in [1.165, 1.54) is 35.0 Å². The van der Waals surface area contributed by atoms with E-state index in [1.54, 1.807) is 0 Å². The van der Waals surface area contributed by atoms with Gasteiger partial charge < -0.3 is 9.80 Å². The van der Waals surface area contributed by atoms with Gasteiger partial charge in [0, 0.05) is 40.8 Å². The highest BCUT2D eigenvalue weighted by molar-refractivity contribution is 6.31. The molecule has 1 aliphatic heterocycles. The third kappa shape index (κ3) is 5.98. The molecular formula is C30H34Cl3N3. The molecule has 0 N–H and O–H groups in total. The fraction of sp³-hybridized carbons (Fsp3) is 0.300. The van der Waals surface area contributed by atoms with Crippen LogP contribution in [0.1, 0.15) is 26.7 Å². The lowest BCUT2D eigenvalue weighted by Crippen LogP contribution is -2.44. The van der Waals surface area contributed by atoms with E-state index in [2.05, 4.69) is 84.3 Å². The number of piperidine rings is 1. The van der Waals surface area contributed by atoms with Crippen LogP contribution in [0.2, 0.25) is 5.02 Å². The molecule has 0 unspecified atom stereocenters. The summed E-state index contributed by atoms with van der Waals surface area (Å²) in [6.07, 6.45) is 2.39. The molecule has 5 rings (SSSR count). The third-order valence-electron chi connectivity index (χ3n) is 7.17. The van der Waals surface area contributed by atoms with Crippen molar-refractivity contribution in [2.75, 3.05) is 31.1 Å².